The van der Waals surface area contributed by atoms with Gasteiger partial charge in [0.25, 0.3) is 5.91 Å². The summed E-state index contributed by atoms with van der Waals surface area (Å²) in [4.78, 5) is 14.2. The monoisotopic (exact) mass is 286 g/mol. The largest absolute Gasteiger partial charge is 0.472 e. The predicted molar refractivity (Wildman–Crippen MR) is 80.7 cm³/mol. The third kappa shape index (κ3) is 3.08. The molecule has 0 spiro atoms. The van der Waals surface area contributed by atoms with Crippen molar-refractivity contribution in [2.75, 3.05) is 30.4 Å². The van der Waals surface area contributed by atoms with Crippen molar-refractivity contribution < 1.29 is 13.9 Å². The number of carbonyl (C=O) groups is 1. The highest BCUT2D eigenvalue weighted by Gasteiger charge is 2.22. The van der Waals surface area contributed by atoms with Crippen molar-refractivity contribution in [3.8, 4) is 0 Å². The Balaban J connectivity index is 1.63. The standard InChI is InChI=1S/C16H18N2O3/c1-20-15-6-8-18(10-15)14-4-2-13(3-5-14)17-16(19)12-7-9-21-11-12/h2-5,7,9,11,15H,6,8,10H2,1H3,(H,17,19)/t15-/m0/s1. The number of benzene rings is 1. The molecule has 1 atom stereocenters. The second kappa shape index (κ2) is 6.01. The van der Waals surface area contributed by atoms with Crippen LogP contribution in [0, 0.1) is 0 Å². The minimum Gasteiger partial charge on any atom is -0.472 e. The van der Waals surface area contributed by atoms with Gasteiger partial charge in [-0.15, -0.1) is 0 Å². The number of hydrogen-bond acceptors (Lipinski definition) is 4. The Bertz CT molecular complexity index is 592. The van der Waals surface area contributed by atoms with Crippen molar-refractivity contribution in [1.82, 2.24) is 0 Å². The maximum atomic E-state index is 11.9. The van der Waals surface area contributed by atoms with Gasteiger partial charge in [-0.25, -0.2) is 0 Å². The summed E-state index contributed by atoms with van der Waals surface area (Å²) in [7, 11) is 1.75. The van der Waals surface area contributed by atoms with Crippen LogP contribution in [0.15, 0.2) is 47.3 Å². The number of hydrogen-bond donors (Lipinski definition) is 1. The summed E-state index contributed by atoms with van der Waals surface area (Å²) in [5.41, 5.74) is 2.44. The number of ether oxygens (including phenoxy) is 1. The fraction of sp³-hybridized carbons (Fsp3) is 0.312. The van der Waals surface area contributed by atoms with Gasteiger partial charge < -0.3 is 19.4 Å². The van der Waals surface area contributed by atoms with E-state index in [1.54, 1.807) is 13.2 Å². The van der Waals surface area contributed by atoms with E-state index in [4.69, 9.17) is 9.15 Å². The van der Waals surface area contributed by atoms with Crippen molar-refractivity contribution in [3.05, 3.63) is 48.4 Å². The maximum absolute atomic E-state index is 11.9. The summed E-state index contributed by atoms with van der Waals surface area (Å²) >= 11 is 0. The van der Waals surface area contributed by atoms with Crippen molar-refractivity contribution >= 4 is 17.3 Å². The smallest absolute Gasteiger partial charge is 0.258 e. The van der Waals surface area contributed by atoms with E-state index in [0.29, 0.717) is 11.7 Å². The highest BCUT2D eigenvalue weighted by molar-refractivity contribution is 6.04. The van der Waals surface area contributed by atoms with Crippen molar-refractivity contribution in [2.24, 2.45) is 0 Å². The van der Waals surface area contributed by atoms with Gasteiger partial charge in [-0.1, -0.05) is 0 Å². The second-order valence-corrected chi connectivity index (χ2v) is 5.11. The number of amides is 1. The van der Waals surface area contributed by atoms with Gasteiger partial charge in [-0.3, -0.25) is 4.79 Å². The molecule has 5 nitrogen and oxygen atoms in total. The van der Waals surface area contributed by atoms with Gasteiger partial charge in [0.2, 0.25) is 0 Å². The number of nitrogens with one attached hydrogen (secondary N) is 1. The van der Waals surface area contributed by atoms with Crippen LogP contribution in [-0.4, -0.2) is 32.2 Å². The van der Waals surface area contributed by atoms with Gasteiger partial charge in [0.15, 0.2) is 0 Å². The van der Waals surface area contributed by atoms with E-state index in [2.05, 4.69) is 10.2 Å². The third-order valence-corrected chi connectivity index (χ3v) is 3.75. The summed E-state index contributed by atoms with van der Waals surface area (Å²) in [5, 5.41) is 2.84. The molecule has 1 fully saturated rings. The first-order chi connectivity index (χ1) is 10.3. The Labute approximate surface area is 123 Å². The first kappa shape index (κ1) is 13.7. The molecule has 3 rings (SSSR count). The summed E-state index contributed by atoms with van der Waals surface area (Å²) in [6.07, 6.45) is 4.27. The predicted octanol–water partition coefficient (Wildman–Crippen LogP) is 2.76. The van der Waals surface area contributed by atoms with Crippen LogP contribution in [0.25, 0.3) is 0 Å². The molecule has 1 amide bonds. The second-order valence-electron chi connectivity index (χ2n) is 5.11. The lowest BCUT2D eigenvalue weighted by Crippen LogP contribution is -2.22. The molecule has 0 radical (unpaired) electrons. The molecule has 0 unspecified atom stereocenters. The van der Waals surface area contributed by atoms with Crippen LogP contribution in [0.2, 0.25) is 0 Å². The molecular weight excluding hydrogens is 268 g/mol. The van der Waals surface area contributed by atoms with Crippen LogP contribution in [0.5, 0.6) is 0 Å². The number of rotatable bonds is 4. The van der Waals surface area contributed by atoms with Crippen LogP contribution in [0.4, 0.5) is 11.4 Å². The third-order valence-electron chi connectivity index (χ3n) is 3.75. The zero-order valence-corrected chi connectivity index (χ0v) is 11.9. The van der Waals surface area contributed by atoms with Crippen LogP contribution in [0.3, 0.4) is 0 Å². The summed E-state index contributed by atoms with van der Waals surface area (Å²) in [6.45, 7) is 1.91. The lowest BCUT2D eigenvalue weighted by Gasteiger charge is -2.18. The lowest BCUT2D eigenvalue weighted by molar-refractivity contribution is 0.102. The molecule has 110 valence electrons. The molecule has 21 heavy (non-hydrogen) atoms. The normalized spacial score (nSPS) is 18.0. The van der Waals surface area contributed by atoms with E-state index in [1.165, 1.54) is 12.5 Å². The van der Waals surface area contributed by atoms with Gasteiger partial charge in [-0.05, 0) is 36.8 Å². The number of methoxy groups -OCH3 is 1. The summed E-state index contributed by atoms with van der Waals surface area (Å²) in [5.74, 6) is -0.169. The molecule has 1 N–H and O–H groups in total. The Morgan fingerprint density at radius 1 is 1.33 bits per heavy atom. The van der Waals surface area contributed by atoms with Gasteiger partial charge in [0.1, 0.15) is 6.26 Å². The first-order valence-electron chi connectivity index (χ1n) is 6.97. The van der Waals surface area contributed by atoms with Crippen molar-refractivity contribution in [3.63, 3.8) is 0 Å². The van der Waals surface area contributed by atoms with E-state index < -0.39 is 0 Å². The molecule has 1 aromatic carbocycles. The minimum absolute atomic E-state index is 0.169. The van der Waals surface area contributed by atoms with Crippen LogP contribution in [0.1, 0.15) is 16.8 Å². The Hall–Kier alpha value is -2.27. The van der Waals surface area contributed by atoms with Gasteiger partial charge >= 0.3 is 0 Å². The fourth-order valence-electron chi connectivity index (χ4n) is 2.51. The lowest BCUT2D eigenvalue weighted by atomic mass is 10.2. The average molecular weight is 286 g/mol. The molecule has 2 aromatic rings. The molecule has 1 aliphatic rings. The highest BCUT2D eigenvalue weighted by atomic mass is 16.5. The average Bonchev–Trinajstić information content (AvgIpc) is 3.19. The SMILES string of the molecule is CO[C@H]1CCN(c2ccc(NC(=O)c3ccoc3)cc2)C1. The molecule has 1 saturated heterocycles. The molecule has 5 heteroatoms. The zero-order chi connectivity index (χ0) is 14.7. The molecule has 2 heterocycles. The van der Waals surface area contributed by atoms with E-state index in [9.17, 15) is 4.79 Å². The fourth-order valence-corrected chi connectivity index (χ4v) is 2.51. The minimum atomic E-state index is -0.169. The zero-order valence-electron chi connectivity index (χ0n) is 11.9. The molecule has 0 saturated carbocycles. The maximum Gasteiger partial charge on any atom is 0.258 e. The Morgan fingerprint density at radius 2 is 2.14 bits per heavy atom. The quantitative estimate of drug-likeness (QED) is 0.939. The van der Waals surface area contributed by atoms with Crippen molar-refractivity contribution in [2.45, 2.75) is 12.5 Å². The molecular formula is C16H18N2O3. The number of furan rings is 1. The topological polar surface area (TPSA) is 54.7 Å². The molecule has 0 aliphatic carbocycles. The Kier molecular flexibility index (Phi) is 3.92. The molecule has 1 aromatic heterocycles. The van der Waals surface area contributed by atoms with Crippen LogP contribution >= 0.6 is 0 Å². The van der Waals surface area contributed by atoms with Gasteiger partial charge in [0.05, 0.1) is 17.9 Å². The van der Waals surface area contributed by atoms with Crippen LogP contribution < -0.4 is 10.2 Å². The number of carbonyl (C=O) groups excluding carboxylic acids is 1. The number of anilines is 2. The number of nitrogens with zero attached hydrogens (tertiary/aromatic N) is 1. The molecule has 0 bridgehead atoms. The van der Waals surface area contributed by atoms with E-state index in [-0.39, 0.29) is 5.91 Å². The van der Waals surface area contributed by atoms with Gasteiger partial charge in [0, 0.05) is 31.6 Å². The van der Waals surface area contributed by atoms with E-state index >= 15 is 0 Å². The highest BCUT2D eigenvalue weighted by Crippen LogP contribution is 2.23. The summed E-state index contributed by atoms with van der Waals surface area (Å²) in [6, 6.07) is 9.49. The first-order valence-corrected chi connectivity index (χ1v) is 6.97. The molecule has 1 aliphatic heterocycles. The van der Waals surface area contributed by atoms with Crippen LogP contribution in [-0.2, 0) is 4.74 Å². The summed E-state index contributed by atoms with van der Waals surface area (Å²) < 4.78 is 10.3. The van der Waals surface area contributed by atoms with Crippen molar-refractivity contribution in [1.29, 1.82) is 0 Å². The Morgan fingerprint density at radius 3 is 2.76 bits per heavy atom. The van der Waals surface area contributed by atoms with E-state index in [1.807, 2.05) is 24.3 Å². The van der Waals surface area contributed by atoms with Gasteiger partial charge in [-0.2, -0.15) is 0 Å². The van der Waals surface area contributed by atoms with E-state index in [0.717, 1.165) is 30.9 Å².